The molecule has 0 spiro atoms. The van der Waals surface area contributed by atoms with Gasteiger partial charge in [0.05, 0.1) is 4.90 Å². The van der Waals surface area contributed by atoms with E-state index in [4.69, 9.17) is 4.74 Å². The van der Waals surface area contributed by atoms with E-state index >= 15 is 0 Å². The summed E-state index contributed by atoms with van der Waals surface area (Å²) < 4.78 is 31.0. The van der Waals surface area contributed by atoms with Crippen molar-refractivity contribution in [2.45, 2.75) is 11.8 Å². The van der Waals surface area contributed by atoms with Crippen LogP contribution in [0.25, 0.3) is 11.1 Å². The van der Waals surface area contributed by atoms with E-state index < -0.39 is 35.1 Å². The molecule has 0 saturated carbocycles. The highest BCUT2D eigenvalue weighted by Gasteiger charge is 2.23. The minimum absolute atomic E-state index is 0.0775. The SMILES string of the molecule is Cc1ccc(S(=O)(=O)N(C)CC(=O)OCC(=O)Nc2ccccc2-c2ccccc2)cc1. The summed E-state index contributed by atoms with van der Waals surface area (Å²) in [6.07, 6.45) is 0. The number of likely N-dealkylation sites (N-methyl/N-ethyl adjacent to an activating group) is 1. The molecule has 3 aromatic rings. The van der Waals surface area contributed by atoms with Crippen LogP contribution in [-0.4, -0.2) is 44.8 Å². The highest BCUT2D eigenvalue weighted by Crippen LogP contribution is 2.27. The molecule has 166 valence electrons. The van der Waals surface area contributed by atoms with Gasteiger partial charge in [0, 0.05) is 18.3 Å². The zero-order valence-corrected chi connectivity index (χ0v) is 18.6. The summed E-state index contributed by atoms with van der Waals surface area (Å²) in [4.78, 5) is 24.5. The third-order valence-corrected chi connectivity index (χ3v) is 6.55. The van der Waals surface area contributed by atoms with E-state index in [1.807, 2.05) is 49.4 Å². The van der Waals surface area contributed by atoms with Crippen molar-refractivity contribution in [3.8, 4) is 11.1 Å². The highest BCUT2D eigenvalue weighted by molar-refractivity contribution is 7.89. The molecule has 0 fully saturated rings. The normalized spacial score (nSPS) is 11.2. The number of nitrogens with one attached hydrogen (secondary N) is 1. The van der Waals surface area contributed by atoms with E-state index in [1.165, 1.54) is 19.2 Å². The number of hydrogen-bond acceptors (Lipinski definition) is 5. The van der Waals surface area contributed by atoms with Crippen molar-refractivity contribution in [2.75, 3.05) is 25.5 Å². The summed E-state index contributed by atoms with van der Waals surface area (Å²) in [5, 5.41) is 2.73. The number of hydrogen-bond donors (Lipinski definition) is 1. The van der Waals surface area contributed by atoms with Gasteiger partial charge < -0.3 is 10.1 Å². The van der Waals surface area contributed by atoms with Gasteiger partial charge in [0.2, 0.25) is 10.0 Å². The summed E-state index contributed by atoms with van der Waals surface area (Å²) in [7, 11) is -2.56. The third kappa shape index (κ3) is 5.81. The van der Waals surface area contributed by atoms with Gasteiger partial charge in [-0.3, -0.25) is 9.59 Å². The van der Waals surface area contributed by atoms with Gasteiger partial charge in [-0.2, -0.15) is 4.31 Å². The molecule has 0 aliphatic rings. The molecule has 1 amide bonds. The molecule has 0 atom stereocenters. The third-order valence-electron chi connectivity index (χ3n) is 4.73. The molecule has 1 N–H and O–H groups in total. The van der Waals surface area contributed by atoms with Crippen LogP contribution >= 0.6 is 0 Å². The zero-order valence-electron chi connectivity index (χ0n) is 17.8. The average molecular weight is 453 g/mol. The van der Waals surface area contributed by atoms with Crippen molar-refractivity contribution in [1.29, 1.82) is 0 Å². The number of nitrogens with zero attached hydrogens (tertiary/aromatic N) is 1. The molecular formula is C24H24N2O5S. The van der Waals surface area contributed by atoms with Gasteiger partial charge in [0.25, 0.3) is 5.91 Å². The number of amides is 1. The van der Waals surface area contributed by atoms with Gasteiger partial charge in [-0.1, -0.05) is 66.2 Å². The number of carbonyl (C=O) groups is 2. The first-order valence-corrected chi connectivity index (χ1v) is 11.3. The van der Waals surface area contributed by atoms with Gasteiger partial charge >= 0.3 is 5.97 Å². The molecule has 0 heterocycles. The Kier molecular flexibility index (Phi) is 7.40. The Labute approximate surface area is 187 Å². The van der Waals surface area contributed by atoms with Crippen molar-refractivity contribution in [3.63, 3.8) is 0 Å². The van der Waals surface area contributed by atoms with Crippen molar-refractivity contribution < 1.29 is 22.7 Å². The number of carbonyl (C=O) groups excluding carboxylic acids is 2. The summed E-state index contributed by atoms with van der Waals surface area (Å²) in [6.45, 7) is 0.811. The number of anilines is 1. The molecule has 0 aliphatic heterocycles. The van der Waals surface area contributed by atoms with Crippen LogP contribution in [0.2, 0.25) is 0 Å². The Morgan fingerprint density at radius 2 is 1.53 bits per heavy atom. The van der Waals surface area contributed by atoms with Crippen LogP contribution in [0, 0.1) is 6.92 Å². The Morgan fingerprint density at radius 3 is 2.22 bits per heavy atom. The van der Waals surface area contributed by atoms with Crippen LogP contribution < -0.4 is 5.32 Å². The second-order valence-corrected chi connectivity index (χ2v) is 9.24. The highest BCUT2D eigenvalue weighted by atomic mass is 32.2. The summed E-state index contributed by atoms with van der Waals surface area (Å²) in [5.74, 6) is -1.35. The van der Waals surface area contributed by atoms with Crippen molar-refractivity contribution in [3.05, 3.63) is 84.4 Å². The molecule has 0 saturated heterocycles. The van der Waals surface area contributed by atoms with Crippen molar-refractivity contribution in [1.82, 2.24) is 4.31 Å². The number of sulfonamides is 1. The Hall–Kier alpha value is -3.49. The molecule has 8 heteroatoms. The number of para-hydroxylation sites is 1. The van der Waals surface area contributed by atoms with Gasteiger partial charge in [0.15, 0.2) is 6.61 Å². The first-order valence-electron chi connectivity index (χ1n) is 9.90. The fourth-order valence-electron chi connectivity index (χ4n) is 3.00. The van der Waals surface area contributed by atoms with Crippen molar-refractivity contribution in [2.24, 2.45) is 0 Å². The summed E-state index contributed by atoms with van der Waals surface area (Å²) in [5.41, 5.74) is 3.27. The summed E-state index contributed by atoms with van der Waals surface area (Å²) in [6, 6.07) is 23.1. The van der Waals surface area contributed by atoms with E-state index in [2.05, 4.69) is 5.32 Å². The molecule has 3 rings (SSSR count). The second-order valence-electron chi connectivity index (χ2n) is 7.19. The smallest absolute Gasteiger partial charge is 0.321 e. The quantitative estimate of drug-likeness (QED) is 0.529. The molecule has 0 aromatic heterocycles. The maximum atomic E-state index is 12.6. The van der Waals surface area contributed by atoms with E-state index in [-0.39, 0.29) is 4.90 Å². The number of esters is 1. The molecule has 3 aromatic carbocycles. The molecule has 0 aliphatic carbocycles. The van der Waals surface area contributed by atoms with E-state index in [0.717, 1.165) is 21.0 Å². The Bertz CT molecular complexity index is 1190. The lowest BCUT2D eigenvalue weighted by Crippen LogP contribution is -2.34. The standard InChI is InChI=1S/C24H24N2O5S/c1-18-12-14-20(15-13-18)32(29,30)26(2)16-24(28)31-17-23(27)25-22-11-7-6-10-21(22)19-8-4-3-5-9-19/h3-15H,16-17H2,1-2H3,(H,25,27). The van der Waals surface area contributed by atoms with Crippen LogP contribution in [0.3, 0.4) is 0 Å². The van der Waals surface area contributed by atoms with Gasteiger partial charge in [0.1, 0.15) is 6.54 Å². The molecular weight excluding hydrogens is 428 g/mol. The van der Waals surface area contributed by atoms with E-state index in [9.17, 15) is 18.0 Å². The summed E-state index contributed by atoms with van der Waals surface area (Å²) >= 11 is 0. The lowest BCUT2D eigenvalue weighted by atomic mass is 10.0. The zero-order chi connectivity index (χ0) is 23.1. The van der Waals surface area contributed by atoms with Crippen LogP contribution in [0.1, 0.15) is 5.56 Å². The van der Waals surface area contributed by atoms with Crippen LogP contribution in [-0.2, 0) is 24.3 Å². The van der Waals surface area contributed by atoms with E-state index in [0.29, 0.717) is 5.69 Å². The lowest BCUT2D eigenvalue weighted by Gasteiger charge is -2.16. The van der Waals surface area contributed by atoms with Crippen LogP contribution in [0.4, 0.5) is 5.69 Å². The molecule has 0 bridgehead atoms. The predicted octanol–water partition coefficient (Wildman–Crippen LogP) is 3.46. The fourth-order valence-corrected chi connectivity index (χ4v) is 4.11. The van der Waals surface area contributed by atoms with Crippen molar-refractivity contribution >= 4 is 27.6 Å². The minimum atomic E-state index is -3.84. The number of benzene rings is 3. The molecule has 7 nitrogen and oxygen atoms in total. The van der Waals surface area contributed by atoms with E-state index in [1.54, 1.807) is 24.3 Å². The van der Waals surface area contributed by atoms with Gasteiger partial charge in [-0.05, 0) is 30.7 Å². The number of rotatable bonds is 8. The lowest BCUT2D eigenvalue weighted by molar-refractivity contribution is -0.147. The second kappa shape index (κ2) is 10.2. The predicted molar refractivity (Wildman–Crippen MR) is 122 cm³/mol. The Morgan fingerprint density at radius 1 is 0.906 bits per heavy atom. The molecule has 32 heavy (non-hydrogen) atoms. The maximum Gasteiger partial charge on any atom is 0.321 e. The topological polar surface area (TPSA) is 92.8 Å². The van der Waals surface area contributed by atoms with Gasteiger partial charge in [-0.15, -0.1) is 0 Å². The largest absolute Gasteiger partial charge is 0.455 e. The fraction of sp³-hybridized carbons (Fsp3) is 0.167. The first-order chi connectivity index (χ1) is 15.3. The minimum Gasteiger partial charge on any atom is -0.455 e. The maximum absolute atomic E-state index is 12.6. The van der Waals surface area contributed by atoms with Crippen LogP contribution in [0.5, 0.6) is 0 Å². The molecule has 0 radical (unpaired) electrons. The number of ether oxygens (including phenoxy) is 1. The van der Waals surface area contributed by atoms with Crippen LogP contribution in [0.15, 0.2) is 83.8 Å². The Balaban J connectivity index is 1.57. The number of aryl methyl sites for hydroxylation is 1. The molecule has 0 unspecified atom stereocenters. The average Bonchev–Trinajstić information content (AvgIpc) is 2.79. The first kappa shape index (κ1) is 23.2. The van der Waals surface area contributed by atoms with Gasteiger partial charge in [-0.25, -0.2) is 8.42 Å². The monoisotopic (exact) mass is 452 g/mol.